The highest BCUT2D eigenvalue weighted by Gasteiger charge is 2.31. The number of halogens is 1. The van der Waals surface area contributed by atoms with Crippen molar-refractivity contribution in [2.75, 3.05) is 32.7 Å². The van der Waals surface area contributed by atoms with Crippen LogP contribution in [0, 0.1) is 5.41 Å². The Kier molecular flexibility index (Phi) is 10.0. The maximum Gasteiger partial charge on any atom is 0.224 e. The van der Waals surface area contributed by atoms with Crippen molar-refractivity contribution in [3.63, 3.8) is 0 Å². The molecule has 1 aliphatic carbocycles. The van der Waals surface area contributed by atoms with E-state index in [-0.39, 0.29) is 29.9 Å². The van der Waals surface area contributed by atoms with Crippen LogP contribution < -0.4 is 10.6 Å². The first kappa shape index (κ1) is 21.5. The third-order valence-electron chi connectivity index (χ3n) is 5.42. The summed E-state index contributed by atoms with van der Waals surface area (Å²) in [7, 11) is 0. The minimum Gasteiger partial charge on any atom is -0.357 e. The molecule has 2 rings (SSSR count). The summed E-state index contributed by atoms with van der Waals surface area (Å²) < 4.78 is 0. The maximum atomic E-state index is 12.1. The molecular weight excluding hydrogens is 415 g/mol. The molecule has 1 amide bonds. The Morgan fingerprint density at radius 1 is 1.08 bits per heavy atom. The summed E-state index contributed by atoms with van der Waals surface area (Å²) >= 11 is 0. The van der Waals surface area contributed by atoms with Crippen molar-refractivity contribution < 1.29 is 4.79 Å². The monoisotopic (exact) mass is 450 g/mol. The first-order chi connectivity index (χ1) is 11.2. The molecule has 0 unspecified atom stereocenters. The molecule has 1 aliphatic heterocycles. The molecule has 1 heterocycles. The van der Waals surface area contributed by atoms with E-state index in [0.29, 0.717) is 18.4 Å². The summed E-state index contributed by atoms with van der Waals surface area (Å²) in [4.78, 5) is 18.9. The van der Waals surface area contributed by atoms with Gasteiger partial charge in [-0.15, -0.1) is 24.0 Å². The lowest BCUT2D eigenvalue weighted by molar-refractivity contribution is -0.129. The molecule has 0 aromatic heterocycles. The third kappa shape index (κ3) is 6.41. The highest BCUT2D eigenvalue weighted by molar-refractivity contribution is 14.0. The zero-order valence-electron chi connectivity index (χ0n) is 15.4. The summed E-state index contributed by atoms with van der Waals surface area (Å²) in [5.74, 6) is 1.13. The molecule has 2 aliphatic rings. The fraction of sp³-hybridized carbons (Fsp3) is 0.889. The molecule has 0 spiro atoms. The predicted molar refractivity (Wildman–Crippen MR) is 111 cm³/mol. The highest BCUT2D eigenvalue weighted by atomic mass is 127. The zero-order chi connectivity index (χ0) is 16.5. The van der Waals surface area contributed by atoms with E-state index in [4.69, 9.17) is 4.99 Å². The lowest BCUT2D eigenvalue weighted by atomic mass is 9.84. The largest absolute Gasteiger partial charge is 0.357 e. The van der Waals surface area contributed by atoms with Crippen molar-refractivity contribution in [1.29, 1.82) is 0 Å². The van der Waals surface area contributed by atoms with Gasteiger partial charge in [-0.3, -0.25) is 9.79 Å². The number of carbonyl (C=O) groups is 1. The van der Waals surface area contributed by atoms with Crippen LogP contribution in [0.1, 0.15) is 65.2 Å². The Morgan fingerprint density at radius 2 is 1.75 bits per heavy atom. The van der Waals surface area contributed by atoms with Gasteiger partial charge in [0, 0.05) is 39.1 Å². The number of nitrogens with one attached hydrogen (secondary N) is 2. The molecule has 2 N–H and O–H groups in total. The number of amides is 1. The van der Waals surface area contributed by atoms with Crippen molar-refractivity contribution in [1.82, 2.24) is 15.5 Å². The Labute approximate surface area is 164 Å². The van der Waals surface area contributed by atoms with Crippen molar-refractivity contribution in [3.8, 4) is 0 Å². The molecule has 1 saturated heterocycles. The van der Waals surface area contributed by atoms with Crippen molar-refractivity contribution in [3.05, 3.63) is 0 Å². The molecule has 0 atom stereocenters. The summed E-state index contributed by atoms with van der Waals surface area (Å²) in [6.45, 7) is 8.66. The van der Waals surface area contributed by atoms with Crippen LogP contribution in [0.25, 0.3) is 0 Å². The van der Waals surface area contributed by atoms with Gasteiger partial charge in [-0.1, -0.05) is 19.8 Å². The lowest BCUT2D eigenvalue weighted by Gasteiger charge is -2.25. The van der Waals surface area contributed by atoms with E-state index in [1.54, 1.807) is 0 Å². The molecule has 6 heteroatoms. The molecule has 0 radical (unpaired) electrons. The number of rotatable bonds is 7. The van der Waals surface area contributed by atoms with Crippen LogP contribution in [-0.4, -0.2) is 49.5 Å². The van der Waals surface area contributed by atoms with Crippen LogP contribution in [0.15, 0.2) is 4.99 Å². The number of aliphatic imine (C=N–C) groups is 1. The van der Waals surface area contributed by atoms with Gasteiger partial charge in [-0.2, -0.15) is 0 Å². The second kappa shape index (κ2) is 11.2. The van der Waals surface area contributed by atoms with Crippen LogP contribution in [0.3, 0.4) is 0 Å². The van der Waals surface area contributed by atoms with Gasteiger partial charge >= 0.3 is 0 Å². The summed E-state index contributed by atoms with van der Waals surface area (Å²) in [6, 6.07) is 0. The number of likely N-dealkylation sites (tertiary alicyclic amines) is 1. The molecule has 0 bridgehead atoms. The van der Waals surface area contributed by atoms with Gasteiger partial charge < -0.3 is 15.5 Å². The summed E-state index contributed by atoms with van der Waals surface area (Å²) in [5, 5.41) is 6.64. The van der Waals surface area contributed by atoms with Gasteiger partial charge in [0.15, 0.2) is 5.96 Å². The fourth-order valence-corrected chi connectivity index (χ4v) is 3.75. The van der Waals surface area contributed by atoms with Gasteiger partial charge in [0.25, 0.3) is 0 Å². The maximum absolute atomic E-state index is 12.1. The average molecular weight is 450 g/mol. The number of hydrogen-bond acceptors (Lipinski definition) is 2. The Hall–Kier alpha value is -0.530. The van der Waals surface area contributed by atoms with E-state index in [1.807, 2.05) is 4.90 Å². The average Bonchev–Trinajstić information content (AvgIpc) is 3.24. The molecule has 140 valence electrons. The van der Waals surface area contributed by atoms with Crippen molar-refractivity contribution in [2.24, 2.45) is 10.4 Å². The summed E-state index contributed by atoms with van der Waals surface area (Å²) in [6.07, 6.45) is 9.38. The Morgan fingerprint density at radius 3 is 2.33 bits per heavy atom. The topological polar surface area (TPSA) is 56.7 Å². The van der Waals surface area contributed by atoms with Gasteiger partial charge in [0.05, 0.1) is 0 Å². The number of hydrogen-bond donors (Lipinski definition) is 2. The molecule has 1 saturated carbocycles. The minimum absolute atomic E-state index is 0. The Balaban J connectivity index is 0.00000288. The fourth-order valence-electron chi connectivity index (χ4n) is 3.75. The van der Waals surface area contributed by atoms with Gasteiger partial charge in [-0.05, 0) is 44.4 Å². The van der Waals surface area contributed by atoms with Gasteiger partial charge in [-0.25, -0.2) is 0 Å². The Bertz CT molecular complexity index is 402. The van der Waals surface area contributed by atoms with E-state index in [1.165, 1.54) is 32.1 Å². The molecule has 5 nitrogen and oxygen atoms in total. The molecule has 0 aromatic rings. The van der Waals surface area contributed by atoms with Crippen molar-refractivity contribution >= 4 is 35.8 Å². The van der Waals surface area contributed by atoms with E-state index in [9.17, 15) is 4.79 Å². The molecule has 2 fully saturated rings. The predicted octanol–water partition coefficient (Wildman–Crippen LogP) is 3.14. The van der Waals surface area contributed by atoms with Gasteiger partial charge in [0.1, 0.15) is 0 Å². The van der Waals surface area contributed by atoms with Crippen molar-refractivity contribution in [2.45, 2.75) is 65.2 Å². The van der Waals surface area contributed by atoms with Crippen LogP contribution in [0.4, 0.5) is 0 Å². The van der Waals surface area contributed by atoms with Crippen LogP contribution in [-0.2, 0) is 4.79 Å². The number of nitrogens with zero attached hydrogens (tertiary/aromatic N) is 2. The smallest absolute Gasteiger partial charge is 0.224 e. The zero-order valence-corrected chi connectivity index (χ0v) is 17.7. The van der Waals surface area contributed by atoms with Crippen LogP contribution in [0.5, 0.6) is 0 Å². The third-order valence-corrected chi connectivity index (χ3v) is 5.42. The quantitative estimate of drug-likeness (QED) is 0.356. The van der Waals surface area contributed by atoms with Gasteiger partial charge in [0.2, 0.25) is 5.91 Å². The minimum atomic E-state index is 0. The highest BCUT2D eigenvalue weighted by Crippen LogP contribution is 2.41. The standard InChI is InChI=1S/C18H34N4O.HI/c1-3-18(10-5-6-11-18)15-21-17(19-4-2)20-12-9-16(23)22-13-7-8-14-22;/h3-15H2,1-2H3,(H2,19,20,21);1H. The number of carbonyl (C=O) groups excluding carboxylic acids is 1. The lowest BCUT2D eigenvalue weighted by Crippen LogP contribution is -2.40. The van der Waals surface area contributed by atoms with E-state index in [0.717, 1.165) is 45.0 Å². The first-order valence-corrected chi connectivity index (χ1v) is 9.49. The van der Waals surface area contributed by atoms with E-state index >= 15 is 0 Å². The second-order valence-electron chi connectivity index (χ2n) is 7.02. The number of guanidine groups is 1. The van der Waals surface area contributed by atoms with Crippen LogP contribution >= 0.6 is 24.0 Å². The normalized spacial score (nSPS) is 19.9. The second-order valence-corrected chi connectivity index (χ2v) is 7.02. The molecular formula is C18H35IN4O. The van der Waals surface area contributed by atoms with E-state index in [2.05, 4.69) is 24.5 Å². The SMILES string of the molecule is CCNC(=NCC1(CC)CCCC1)NCCC(=O)N1CCCC1.I. The molecule has 0 aromatic carbocycles. The van der Waals surface area contributed by atoms with Crippen LogP contribution in [0.2, 0.25) is 0 Å². The first-order valence-electron chi connectivity index (χ1n) is 9.49. The van der Waals surface area contributed by atoms with E-state index < -0.39 is 0 Å². The summed E-state index contributed by atoms with van der Waals surface area (Å²) in [5.41, 5.74) is 0.410. The molecule has 24 heavy (non-hydrogen) atoms.